The van der Waals surface area contributed by atoms with Gasteiger partial charge < -0.3 is 15.3 Å². The summed E-state index contributed by atoms with van der Waals surface area (Å²) in [7, 11) is 1.63. The molecular formula is C19H22N2O2. The van der Waals surface area contributed by atoms with Crippen molar-refractivity contribution in [3.63, 3.8) is 0 Å². The number of nitrogens with zero attached hydrogens (tertiary/aromatic N) is 1. The van der Waals surface area contributed by atoms with Crippen molar-refractivity contribution in [2.75, 3.05) is 18.5 Å². The van der Waals surface area contributed by atoms with Gasteiger partial charge in [-0.25, -0.2) is 0 Å². The third-order valence-corrected chi connectivity index (χ3v) is 4.36. The molecule has 23 heavy (non-hydrogen) atoms. The minimum Gasteiger partial charge on any atom is -0.388 e. The summed E-state index contributed by atoms with van der Waals surface area (Å²) in [6.45, 7) is 1.70. The van der Waals surface area contributed by atoms with Gasteiger partial charge in [-0.05, 0) is 36.6 Å². The number of benzene rings is 2. The summed E-state index contributed by atoms with van der Waals surface area (Å²) in [5, 5.41) is 12.9. The summed E-state index contributed by atoms with van der Waals surface area (Å²) in [6.07, 6.45) is 1.38. The number of para-hydroxylation sites is 1. The van der Waals surface area contributed by atoms with E-state index in [1.807, 2.05) is 42.5 Å². The lowest BCUT2D eigenvalue weighted by Gasteiger charge is -2.25. The van der Waals surface area contributed by atoms with Crippen molar-refractivity contribution in [1.29, 1.82) is 0 Å². The summed E-state index contributed by atoms with van der Waals surface area (Å²) in [4.78, 5) is 13.9. The lowest BCUT2D eigenvalue weighted by molar-refractivity contribution is 0.0963. The molecule has 1 unspecified atom stereocenters. The molecule has 1 amide bonds. The van der Waals surface area contributed by atoms with Crippen LogP contribution < -0.4 is 10.2 Å². The maximum Gasteiger partial charge on any atom is 0.251 e. The lowest BCUT2D eigenvalue weighted by atomic mass is 10.0. The van der Waals surface area contributed by atoms with Crippen LogP contribution in [0.3, 0.4) is 0 Å². The van der Waals surface area contributed by atoms with Crippen molar-refractivity contribution >= 4 is 11.6 Å². The maximum atomic E-state index is 11.6. The number of aliphatic hydroxyl groups excluding tert-OH is 1. The Balaban J connectivity index is 1.82. The molecule has 4 heteroatoms. The van der Waals surface area contributed by atoms with Crippen LogP contribution in [0.1, 0.15) is 40.4 Å². The number of carbonyl (C=O) groups is 1. The van der Waals surface area contributed by atoms with Crippen molar-refractivity contribution in [2.24, 2.45) is 0 Å². The molecule has 1 aliphatic heterocycles. The van der Waals surface area contributed by atoms with Crippen LogP contribution in [0, 0.1) is 0 Å². The van der Waals surface area contributed by atoms with E-state index < -0.39 is 0 Å². The molecule has 1 aliphatic rings. The van der Waals surface area contributed by atoms with Gasteiger partial charge >= 0.3 is 0 Å². The second kappa shape index (κ2) is 6.84. The topological polar surface area (TPSA) is 52.6 Å². The van der Waals surface area contributed by atoms with E-state index in [2.05, 4.69) is 16.3 Å². The van der Waals surface area contributed by atoms with E-state index in [4.69, 9.17) is 0 Å². The van der Waals surface area contributed by atoms with Crippen LogP contribution in [0.5, 0.6) is 0 Å². The van der Waals surface area contributed by atoms with E-state index in [9.17, 15) is 9.90 Å². The van der Waals surface area contributed by atoms with Gasteiger partial charge in [0, 0.05) is 37.0 Å². The molecule has 2 aromatic carbocycles. The summed E-state index contributed by atoms with van der Waals surface area (Å²) in [5.41, 5.74) is 3.94. The molecule has 0 saturated carbocycles. The first kappa shape index (κ1) is 15.6. The fourth-order valence-electron chi connectivity index (χ4n) is 3.10. The minimum atomic E-state index is -0.383. The van der Waals surface area contributed by atoms with Gasteiger partial charge in [0.15, 0.2) is 0 Å². The molecule has 3 rings (SSSR count). The van der Waals surface area contributed by atoms with Crippen molar-refractivity contribution < 1.29 is 9.90 Å². The number of carbonyl (C=O) groups excluding carboxylic acids is 1. The normalized spacial score (nSPS) is 17.3. The highest BCUT2D eigenvalue weighted by Crippen LogP contribution is 2.33. The van der Waals surface area contributed by atoms with Crippen LogP contribution >= 0.6 is 0 Å². The van der Waals surface area contributed by atoms with Gasteiger partial charge in [0.05, 0.1) is 6.10 Å². The summed E-state index contributed by atoms with van der Waals surface area (Å²) in [6, 6.07) is 15.8. The third kappa shape index (κ3) is 3.37. The summed E-state index contributed by atoms with van der Waals surface area (Å²) < 4.78 is 0. The molecule has 2 N–H and O–H groups in total. The van der Waals surface area contributed by atoms with Crippen LogP contribution in [0.15, 0.2) is 48.5 Å². The highest BCUT2D eigenvalue weighted by Gasteiger charge is 2.20. The number of anilines is 1. The largest absolute Gasteiger partial charge is 0.388 e. The smallest absolute Gasteiger partial charge is 0.251 e. The van der Waals surface area contributed by atoms with Crippen molar-refractivity contribution in [3.8, 4) is 0 Å². The number of hydrogen-bond acceptors (Lipinski definition) is 3. The molecule has 0 bridgehead atoms. The maximum absolute atomic E-state index is 11.6. The van der Waals surface area contributed by atoms with Gasteiger partial charge in [-0.1, -0.05) is 30.3 Å². The molecule has 0 aliphatic carbocycles. The molecule has 0 saturated heterocycles. The molecule has 120 valence electrons. The Labute approximate surface area is 136 Å². The fourth-order valence-corrected chi connectivity index (χ4v) is 3.10. The molecule has 0 fully saturated rings. The van der Waals surface area contributed by atoms with E-state index >= 15 is 0 Å². The van der Waals surface area contributed by atoms with Crippen LogP contribution in [0.2, 0.25) is 0 Å². The number of nitrogens with one attached hydrogen (secondary N) is 1. The van der Waals surface area contributed by atoms with Gasteiger partial charge in [0.2, 0.25) is 0 Å². The van der Waals surface area contributed by atoms with E-state index in [1.165, 1.54) is 0 Å². The SMILES string of the molecule is CNC(=O)c1ccc(CN2CCCC(O)c3ccccc32)cc1. The van der Waals surface area contributed by atoms with Crippen LogP contribution in [0.25, 0.3) is 0 Å². The zero-order valence-electron chi connectivity index (χ0n) is 13.3. The second-order valence-electron chi connectivity index (χ2n) is 5.91. The van der Waals surface area contributed by atoms with E-state index in [0.29, 0.717) is 5.56 Å². The Morgan fingerprint density at radius 1 is 1.22 bits per heavy atom. The van der Waals surface area contributed by atoms with E-state index in [0.717, 1.165) is 42.7 Å². The summed E-state index contributed by atoms with van der Waals surface area (Å²) >= 11 is 0. The Morgan fingerprint density at radius 3 is 2.70 bits per heavy atom. The quantitative estimate of drug-likeness (QED) is 0.916. The average molecular weight is 310 g/mol. The number of amides is 1. The van der Waals surface area contributed by atoms with Gasteiger partial charge in [-0.3, -0.25) is 4.79 Å². The zero-order valence-corrected chi connectivity index (χ0v) is 13.3. The number of rotatable bonds is 3. The Bertz CT molecular complexity index is 682. The standard InChI is InChI=1S/C19H22N2O2/c1-20-19(23)15-10-8-14(9-11-15)13-21-12-4-7-18(22)16-5-2-3-6-17(16)21/h2-3,5-6,8-11,18,22H,4,7,12-13H2,1H3,(H,20,23). The Kier molecular flexibility index (Phi) is 4.63. The summed E-state index contributed by atoms with van der Waals surface area (Å²) in [5.74, 6) is -0.0696. The molecule has 1 heterocycles. The van der Waals surface area contributed by atoms with Crippen molar-refractivity contribution in [1.82, 2.24) is 5.32 Å². The predicted molar refractivity (Wildman–Crippen MR) is 91.5 cm³/mol. The van der Waals surface area contributed by atoms with Gasteiger partial charge in [0.1, 0.15) is 0 Å². The highest BCUT2D eigenvalue weighted by atomic mass is 16.3. The second-order valence-corrected chi connectivity index (χ2v) is 5.91. The average Bonchev–Trinajstić information content (AvgIpc) is 2.75. The predicted octanol–water partition coefficient (Wildman–Crippen LogP) is 2.88. The van der Waals surface area contributed by atoms with Crippen LogP contribution in [0.4, 0.5) is 5.69 Å². The van der Waals surface area contributed by atoms with Crippen LogP contribution in [-0.4, -0.2) is 24.6 Å². The first-order valence-electron chi connectivity index (χ1n) is 8.02. The van der Waals surface area contributed by atoms with Gasteiger partial charge in [-0.2, -0.15) is 0 Å². The van der Waals surface area contributed by atoms with E-state index in [-0.39, 0.29) is 12.0 Å². The molecule has 0 radical (unpaired) electrons. The molecular weight excluding hydrogens is 288 g/mol. The van der Waals surface area contributed by atoms with Crippen LogP contribution in [-0.2, 0) is 6.54 Å². The van der Waals surface area contributed by atoms with Gasteiger partial charge in [-0.15, -0.1) is 0 Å². The number of hydrogen-bond donors (Lipinski definition) is 2. The molecule has 4 nitrogen and oxygen atoms in total. The highest BCUT2D eigenvalue weighted by molar-refractivity contribution is 5.93. The first-order chi connectivity index (χ1) is 11.2. The number of fused-ring (bicyclic) bond motifs is 1. The lowest BCUT2D eigenvalue weighted by Crippen LogP contribution is -2.23. The van der Waals surface area contributed by atoms with Crippen molar-refractivity contribution in [2.45, 2.75) is 25.5 Å². The van der Waals surface area contributed by atoms with E-state index in [1.54, 1.807) is 7.05 Å². The zero-order chi connectivity index (χ0) is 16.2. The molecule has 0 aromatic heterocycles. The van der Waals surface area contributed by atoms with Crippen molar-refractivity contribution in [3.05, 3.63) is 65.2 Å². The Hall–Kier alpha value is -2.33. The molecule has 0 spiro atoms. The third-order valence-electron chi connectivity index (χ3n) is 4.36. The fraction of sp³-hybridized carbons (Fsp3) is 0.316. The minimum absolute atomic E-state index is 0.0696. The first-order valence-corrected chi connectivity index (χ1v) is 8.02. The van der Waals surface area contributed by atoms with Gasteiger partial charge in [0.25, 0.3) is 5.91 Å². The number of aliphatic hydroxyl groups is 1. The Morgan fingerprint density at radius 2 is 1.96 bits per heavy atom. The molecule has 2 aromatic rings. The molecule has 1 atom stereocenters. The monoisotopic (exact) mass is 310 g/mol.